The summed E-state index contributed by atoms with van der Waals surface area (Å²) in [6.45, 7) is 6.94. The van der Waals surface area contributed by atoms with Crippen molar-refractivity contribution in [2.45, 2.75) is 40.0 Å². The zero-order valence-electron chi connectivity index (χ0n) is 14.0. The van der Waals surface area contributed by atoms with E-state index in [2.05, 4.69) is 47.4 Å². The lowest BCUT2D eigenvalue weighted by Crippen LogP contribution is -2.24. The third-order valence-electron chi connectivity index (χ3n) is 3.83. The number of rotatable bonds is 7. The Balaban J connectivity index is 1.96. The number of unbranched alkanes of at least 4 members (excludes halogenated alkanes) is 2. The van der Waals surface area contributed by atoms with Gasteiger partial charge in [0.05, 0.1) is 5.56 Å². The van der Waals surface area contributed by atoms with E-state index in [4.69, 9.17) is 0 Å². The summed E-state index contributed by atoms with van der Waals surface area (Å²) in [5.41, 5.74) is 3.82. The first-order valence-electron chi connectivity index (χ1n) is 8.05. The number of amides is 1. The van der Waals surface area contributed by atoms with Crippen LogP contribution in [-0.2, 0) is 0 Å². The average molecular weight is 312 g/mol. The molecule has 0 aliphatic carbocycles. The quantitative estimate of drug-likeness (QED) is 0.764. The normalized spacial score (nSPS) is 10.4. The van der Waals surface area contributed by atoms with Gasteiger partial charge in [-0.2, -0.15) is 0 Å². The maximum Gasteiger partial charge on any atom is 0.254 e. The second-order valence-electron chi connectivity index (χ2n) is 5.63. The van der Waals surface area contributed by atoms with Crippen molar-refractivity contribution < 1.29 is 4.79 Å². The Labute approximate surface area is 137 Å². The van der Waals surface area contributed by atoms with Crippen LogP contribution in [0.2, 0.25) is 0 Å². The topological polar surface area (TPSA) is 66.9 Å². The molecule has 0 saturated heterocycles. The predicted molar refractivity (Wildman–Crippen MR) is 93.1 cm³/mol. The van der Waals surface area contributed by atoms with Crippen molar-refractivity contribution >= 4 is 17.5 Å². The Hall–Kier alpha value is -2.43. The molecule has 5 heteroatoms. The van der Waals surface area contributed by atoms with Gasteiger partial charge in [-0.05, 0) is 37.5 Å². The number of hydrogen-bond donors (Lipinski definition) is 2. The molecule has 0 radical (unpaired) electrons. The minimum absolute atomic E-state index is 0.126. The van der Waals surface area contributed by atoms with Crippen LogP contribution < -0.4 is 10.6 Å². The van der Waals surface area contributed by atoms with Crippen LogP contribution >= 0.6 is 0 Å². The Morgan fingerprint density at radius 1 is 1.13 bits per heavy atom. The molecule has 1 aromatic heterocycles. The minimum Gasteiger partial charge on any atom is -0.352 e. The van der Waals surface area contributed by atoms with Crippen LogP contribution in [0.15, 0.2) is 30.6 Å². The zero-order valence-corrected chi connectivity index (χ0v) is 14.0. The highest BCUT2D eigenvalue weighted by molar-refractivity contribution is 5.93. The molecule has 0 spiro atoms. The molecule has 2 N–H and O–H groups in total. The fraction of sp³-hybridized carbons (Fsp3) is 0.389. The van der Waals surface area contributed by atoms with Crippen molar-refractivity contribution in [1.29, 1.82) is 0 Å². The summed E-state index contributed by atoms with van der Waals surface area (Å²) in [7, 11) is 0. The monoisotopic (exact) mass is 312 g/mol. The van der Waals surface area contributed by atoms with E-state index in [0.29, 0.717) is 18.1 Å². The molecule has 2 rings (SSSR count). The maximum absolute atomic E-state index is 12.0. The van der Waals surface area contributed by atoms with E-state index in [1.165, 1.54) is 5.56 Å². The number of nitrogens with one attached hydrogen (secondary N) is 2. The van der Waals surface area contributed by atoms with Crippen LogP contribution in [0.25, 0.3) is 0 Å². The van der Waals surface area contributed by atoms with E-state index in [1.54, 1.807) is 12.4 Å². The average Bonchev–Trinajstić information content (AvgIpc) is 2.56. The third-order valence-corrected chi connectivity index (χ3v) is 3.83. The van der Waals surface area contributed by atoms with Crippen LogP contribution in [0.3, 0.4) is 0 Å². The van der Waals surface area contributed by atoms with Crippen LogP contribution in [-0.4, -0.2) is 22.4 Å². The molecule has 0 aliphatic heterocycles. The van der Waals surface area contributed by atoms with E-state index in [-0.39, 0.29) is 5.91 Å². The Kier molecular flexibility index (Phi) is 6.09. The summed E-state index contributed by atoms with van der Waals surface area (Å²) >= 11 is 0. The van der Waals surface area contributed by atoms with Gasteiger partial charge in [0.15, 0.2) is 0 Å². The van der Waals surface area contributed by atoms with E-state index in [9.17, 15) is 4.79 Å². The molecule has 2 aromatic rings. The highest BCUT2D eigenvalue weighted by atomic mass is 16.1. The Bertz CT molecular complexity index is 653. The number of carbonyl (C=O) groups is 1. The van der Waals surface area contributed by atoms with Crippen molar-refractivity contribution in [1.82, 2.24) is 15.3 Å². The summed E-state index contributed by atoms with van der Waals surface area (Å²) < 4.78 is 0. The van der Waals surface area contributed by atoms with Crippen molar-refractivity contribution in [3.05, 3.63) is 47.3 Å². The number of carbonyl (C=O) groups excluding carboxylic acids is 1. The van der Waals surface area contributed by atoms with Crippen LogP contribution in [0.4, 0.5) is 11.6 Å². The summed E-state index contributed by atoms with van der Waals surface area (Å²) in [4.78, 5) is 20.4. The Morgan fingerprint density at radius 2 is 1.87 bits per heavy atom. The van der Waals surface area contributed by atoms with Crippen molar-refractivity contribution in [2.75, 3.05) is 11.9 Å². The first kappa shape index (κ1) is 16.9. The smallest absolute Gasteiger partial charge is 0.254 e. The molecule has 1 aromatic carbocycles. The second kappa shape index (κ2) is 8.27. The largest absolute Gasteiger partial charge is 0.352 e. The van der Waals surface area contributed by atoms with Gasteiger partial charge in [0.2, 0.25) is 5.95 Å². The highest BCUT2D eigenvalue weighted by Gasteiger charge is 2.07. The molecule has 0 unspecified atom stereocenters. The molecular weight excluding hydrogens is 288 g/mol. The molecule has 0 aliphatic rings. The molecular formula is C18H24N4O. The van der Waals surface area contributed by atoms with Crippen LogP contribution in [0, 0.1) is 13.8 Å². The fourth-order valence-corrected chi connectivity index (χ4v) is 2.20. The van der Waals surface area contributed by atoms with E-state index in [1.807, 2.05) is 12.1 Å². The van der Waals surface area contributed by atoms with Gasteiger partial charge in [0, 0.05) is 24.6 Å². The second-order valence-corrected chi connectivity index (χ2v) is 5.63. The minimum atomic E-state index is -0.126. The third kappa shape index (κ3) is 4.77. The van der Waals surface area contributed by atoms with Crippen molar-refractivity contribution in [3.8, 4) is 0 Å². The summed E-state index contributed by atoms with van der Waals surface area (Å²) in [5, 5.41) is 6.07. The molecule has 1 heterocycles. The van der Waals surface area contributed by atoms with Crippen molar-refractivity contribution in [3.63, 3.8) is 0 Å². The summed E-state index contributed by atoms with van der Waals surface area (Å²) in [6, 6.07) is 6.04. The number of aryl methyl sites for hydroxylation is 1. The summed E-state index contributed by atoms with van der Waals surface area (Å²) in [6.07, 6.45) is 6.35. The van der Waals surface area contributed by atoms with Crippen LogP contribution in [0.5, 0.6) is 0 Å². The van der Waals surface area contributed by atoms with Gasteiger partial charge >= 0.3 is 0 Å². The fourth-order valence-electron chi connectivity index (χ4n) is 2.20. The molecule has 122 valence electrons. The van der Waals surface area contributed by atoms with Gasteiger partial charge in [0.1, 0.15) is 0 Å². The van der Waals surface area contributed by atoms with Crippen LogP contribution in [0.1, 0.15) is 47.7 Å². The SMILES string of the molecule is CCCCCNC(=O)c1cnc(Nc2cccc(C)c2C)nc1. The molecule has 0 atom stereocenters. The Morgan fingerprint density at radius 3 is 2.57 bits per heavy atom. The lowest BCUT2D eigenvalue weighted by Gasteiger charge is -2.10. The van der Waals surface area contributed by atoms with E-state index in [0.717, 1.165) is 30.5 Å². The molecule has 0 fully saturated rings. The van der Waals surface area contributed by atoms with E-state index >= 15 is 0 Å². The molecule has 0 saturated carbocycles. The lowest BCUT2D eigenvalue weighted by atomic mass is 10.1. The van der Waals surface area contributed by atoms with E-state index < -0.39 is 0 Å². The molecule has 1 amide bonds. The number of aromatic nitrogens is 2. The van der Waals surface area contributed by atoms with Crippen molar-refractivity contribution in [2.24, 2.45) is 0 Å². The van der Waals surface area contributed by atoms with Gasteiger partial charge in [-0.15, -0.1) is 0 Å². The van der Waals surface area contributed by atoms with Gasteiger partial charge in [-0.1, -0.05) is 31.9 Å². The zero-order chi connectivity index (χ0) is 16.7. The number of nitrogens with zero attached hydrogens (tertiary/aromatic N) is 2. The number of anilines is 2. The molecule has 23 heavy (non-hydrogen) atoms. The van der Waals surface area contributed by atoms with Gasteiger partial charge in [-0.3, -0.25) is 4.79 Å². The standard InChI is InChI=1S/C18H24N4O/c1-4-5-6-10-19-17(23)15-11-20-18(21-12-15)22-16-9-7-8-13(2)14(16)3/h7-9,11-12H,4-6,10H2,1-3H3,(H,19,23)(H,20,21,22). The molecule has 5 nitrogen and oxygen atoms in total. The van der Waals surface area contributed by atoms with Gasteiger partial charge in [0.25, 0.3) is 5.91 Å². The number of benzene rings is 1. The summed E-state index contributed by atoms with van der Waals surface area (Å²) in [5.74, 6) is 0.362. The first-order valence-corrected chi connectivity index (χ1v) is 8.05. The van der Waals surface area contributed by atoms with Gasteiger partial charge in [-0.25, -0.2) is 9.97 Å². The maximum atomic E-state index is 12.0. The first-order chi connectivity index (χ1) is 11.1. The van der Waals surface area contributed by atoms with Gasteiger partial charge < -0.3 is 10.6 Å². The highest BCUT2D eigenvalue weighted by Crippen LogP contribution is 2.20. The number of hydrogen-bond acceptors (Lipinski definition) is 4. The molecule has 0 bridgehead atoms. The lowest BCUT2D eigenvalue weighted by molar-refractivity contribution is 0.0952. The predicted octanol–water partition coefficient (Wildman–Crippen LogP) is 3.76.